The number of ether oxygens (including phenoxy) is 2. The zero-order valence-electron chi connectivity index (χ0n) is 17.5. The lowest BCUT2D eigenvalue weighted by Gasteiger charge is -2.15. The minimum atomic E-state index is -3.71. The van der Waals surface area contributed by atoms with E-state index >= 15 is 0 Å². The van der Waals surface area contributed by atoms with Crippen LogP contribution in [-0.2, 0) is 16.6 Å². The summed E-state index contributed by atoms with van der Waals surface area (Å²) >= 11 is 0. The molecule has 1 aromatic heterocycles. The molecule has 168 valence electrons. The molecule has 0 bridgehead atoms. The van der Waals surface area contributed by atoms with Gasteiger partial charge in [0.1, 0.15) is 5.78 Å². The number of nitrogens with zero attached hydrogens (tertiary/aromatic N) is 2. The molecule has 1 fully saturated rings. The average molecular weight is 452 g/mol. The molecule has 5 rings (SSSR count). The molecule has 2 aromatic carbocycles. The molecule has 1 N–H and O–H groups in total. The van der Waals surface area contributed by atoms with Gasteiger partial charge in [-0.05, 0) is 49.6 Å². The number of carbonyl (C=O) groups is 2. The van der Waals surface area contributed by atoms with Crippen LogP contribution < -0.4 is 9.47 Å². The lowest BCUT2D eigenvalue weighted by Crippen LogP contribution is -2.26. The second-order valence-electron chi connectivity index (χ2n) is 8.19. The fourth-order valence-corrected chi connectivity index (χ4v) is 4.08. The number of aryl methyl sites for hydroxylation is 1. The normalized spacial score (nSPS) is 16.9. The van der Waals surface area contributed by atoms with Crippen molar-refractivity contribution >= 4 is 11.8 Å². The summed E-state index contributed by atoms with van der Waals surface area (Å²) < 4.78 is 35.7. The first-order chi connectivity index (χ1) is 15.7. The first kappa shape index (κ1) is 21.0. The zero-order valence-corrected chi connectivity index (χ0v) is 17.5. The van der Waals surface area contributed by atoms with E-state index in [4.69, 9.17) is 0 Å². The topological polar surface area (TPSA) is 98.6 Å². The van der Waals surface area contributed by atoms with Gasteiger partial charge in [-0.15, -0.1) is 8.78 Å². The Hall–Kier alpha value is -3.88. The van der Waals surface area contributed by atoms with Crippen LogP contribution in [0, 0.1) is 6.92 Å². The Balaban J connectivity index is 1.40. The number of aromatic nitrogens is 2. The maximum Gasteiger partial charge on any atom is 0.586 e. The minimum Gasteiger partial charge on any atom is -0.478 e. The molecule has 2 aliphatic rings. The Kier molecular flexibility index (Phi) is 4.66. The van der Waals surface area contributed by atoms with Gasteiger partial charge in [-0.25, -0.2) is 9.78 Å². The monoisotopic (exact) mass is 452 g/mol. The van der Waals surface area contributed by atoms with Crippen LogP contribution in [0.3, 0.4) is 0 Å². The van der Waals surface area contributed by atoms with Gasteiger partial charge in [-0.2, -0.15) is 0 Å². The molecule has 0 radical (unpaired) electrons. The first-order valence-electron chi connectivity index (χ1n) is 10.3. The van der Waals surface area contributed by atoms with Crippen molar-refractivity contribution in [1.29, 1.82) is 0 Å². The Labute approximate surface area is 187 Å². The molecule has 0 spiro atoms. The van der Waals surface area contributed by atoms with Crippen molar-refractivity contribution in [2.45, 2.75) is 37.9 Å². The van der Waals surface area contributed by atoms with Gasteiger partial charge in [0.25, 0.3) is 0 Å². The predicted molar refractivity (Wildman–Crippen MR) is 111 cm³/mol. The van der Waals surface area contributed by atoms with Crippen molar-refractivity contribution in [1.82, 2.24) is 9.97 Å². The van der Waals surface area contributed by atoms with Gasteiger partial charge in [-0.1, -0.05) is 18.2 Å². The van der Waals surface area contributed by atoms with Crippen molar-refractivity contribution in [2.75, 3.05) is 0 Å². The first-order valence-corrected chi connectivity index (χ1v) is 10.3. The standard InChI is InChI=1S/C24H18F2N2O5/c1-13-21(14-3-2-4-15(9-14)22(30)31)28-17(12-27-13)11-20(29)23(7-8-23)16-5-6-18-19(10-16)33-24(25,26)32-18/h2-6,9-10,12H,7-8,11H2,1H3,(H,30,31). The molecular formula is C24H18F2N2O5. The van der Waals surface area contributed by atoms with Gasteiger partial charge in [0.2, 0.25) is 0 Å². The number of carboxylic acids is 1. The highest BCUT2D eigenvalue weighted by Crippen LogP contribution is 2.52. The third-order valence-corrected chi connectivity index (χ3v) is 5.97. The number of carboxylic acid groups (broad SMARTS) is 1. The Morgan fingerprint density at radius 2 is 1.85 bits per heavy atom. The van der Waals surface area contributed by atoms with Crippen molar-refractivity contribution < 1.29 is 33.0 Å². The van der Waals surface area contributed by atoms with Crippen LogP contribution in [0.15, 0.2) is 48.7 Å². The summed E-state index contributed by atoms with van der Waals surface area (Å²) in [5, 5.41) is 9.25. The lowest BCUT2D eigenvalue weighted by atomic mass is 9.88. The third-order valence-electron chi connectivity index (χ3n) is 5.97. The number of alkyl halides is 2. The minimum absolute atomic E-state index is 0.00348. The maximum atomic E-state index is 13.3. The molecule has 0 saturated heterocycles. The number of fused-ring (bicyclic) bond motifs is 1. The van der Waals surface area contributed by atoms with Crippen LogP contribution in [-0.4, -0.2) is 33.1 Å². The van der Waals surface area contributed by atoms with E-state index in [2.05, 4.69) is 19.4 Å². The number of rotatable bonds is 6. The predicted octanol–water partition coefficient (Wildman–Crippen LogP) is 4.32. The van der Waals surface area contributed by atoms with Crippen molar-refractivity contribution in [3.63, 3.8) is 0 Å². The number of hydrogen-bond donors (Lipinski definition) is 1. The summed E-state index contributed by atoms with van der Waals surface area (Å²) in [5.74, 6) is -1.31. The van der Waals surface area contributed by atoms with Crippen LogP contribution in [0.1, 0.15) is 40.2 Å². The van der Waals surface area contributed by atoms with Gasteiger partial charge >= 0.3 is 12.3 Å². The molecule has 2 heterocycles. The number of hydrogen-bond acceptors (Lipinski definition) is 6. The fourth-order valence-electron chi connectivity index (χ4n) is 4.08. The van der Waals surface area contributed by atoms with E-state index in [9.17, 15) is 23.5 Å². The summed E-state index contributed by atoms with van der Waals surface area (Å²) in [5.41, 5.74) is 2.08. The Morgan fingerprint density at radius 1 is 1.09 bits per heavy atom. The van der Waals surface area contributed by atoms with E-state index in [-0.39, 0.29) is 29.3 Å². The molecule has 0 unspecified atom stereocenters. The highest BCUT2D eigenvalue weighted by Gasteiger charge is 2.52. The van der Waals surface area contributed by atoms with Gasteiger partial charge in [-0.3, -0.25) is 9.78 Å². The molecule has 9 heteroatoms. The second kappa shape index (κ2) is 7.33. The maximum absolute atomic E-state index is 13.3. The Morgan fingerprint density at radius 3 is 2.58 bits per heavy atom. The Bertz CT molecular complexity index is 1300. The van der Waals surface area contributed by atoms with E-state index in [0.717, 1.165) is 0 Å². The van der Waals surface area contributed by atoms with E-state index in [1.165, 1.54) is 30.5 Å². The number of ketones is 1. The number of aromatic carboxylic acids is 1. The fraction of sp³-hybridized carbons (Fsp3) is 0.250. The van der Waals surface area contributed by atoms with Crippen LogP contribution >= 0.6 is 0 Å². The highest BCUT2D eigenvalue weighted by atomic mass is 19.3. The lowest BCUT2D eigenvalue weighted by molar-refractivity contribution is -0.286. The summed E-state index contributed by atoms with van der Waals surface area (Å²) in [6, 6.07) is 10.8. The second-order valence-corrected chi connectivity index (χ2v) is 8.19. The van der Waals surface area contributed by atoms with E-state index in [1.54, 1.807) is 25.1 Å². The van der Waals surface area contributed by atoms with Crippen LogP contribution in [0.5, 0.6) is 11.5 Å². The van der Waals surface area contributed by atoms with Crippen LogP contribution in [0.2, 0.25) is 0 Å². The van der Waals surface area contributed by atoms with E-state index in [1.807, 2.05) is 0 Å². The molecule has 1 aliphatic heterocycles. The van der Waals surface area contributed by atoms with Crippen molar-refractivity contribution in [3.05, 3.63) is 71.2 Å². The molecule has 0 atom stereocenters. The molecule has 33 heavy (non-hydrogen) atoms. The van der Waals surface area contributed by atoms with E-state index in [0.29, 0.717) is 41.1 Å². The smallest absolute Gasteiger partial charge is 0.478 e. The summed E-state index contributed by atoms with van der Waals surface area (Å²) in [4.78, 5) is 33.5. The molecule has 3 aromatic rings. The van der Waals surface area contributed by atoms with Gasteiger partial charge in [0, 0.05) is 11.8 Å². The summed E-state index contributed by atoms with van der Waals surface area (Å²) in [6.07, 6.45) is -1.01. The van der Waals surface area contributed by atoms with E-state index < -0.39 is 17.7 Å². The zero-order chi connectivity index (χ0) is 23.4. The van der Waals surface area contributed by atoms with Gasteiger partial charge < -0.3 is 14.6 Å². The largest absolute Gasteiger partial charge is 0.586 e. The molecule has 0 amide bonds. The van der Waals surface area contributed by atoms with Crippen molar-refractivity contribution in [2.24, 2.45) is 0 Å². The molecular weight excluding hydrogens is 434 g/mol. The number of Topliss-reactive ketones (excluding diaryl/α,β-unsaturated/α-hetero) is 1. The number of benzene rings is 2. The van der Waals surface area contributed by atoms with Gasteiger partial charge in [0.15, 0.2) is 11.5 Å². The van der Waals surface area contributed by atoms with Crippen molar-refractivity contribution in [3.8, 4) is 22.8 Å². The SMILES string of the molecule is Cc1ncc(CC(=O)C2(c3ccc4c(c3)OC(F)(F)O4)CC2)nc1-c1cccc(C(=O)O)c1. The van der Waals surface area contributed by atoms with Crippen LogP contribution in [0.4, 0.5) is 8.78 Å². The average Bonchev–Trinajstić information content (AvgIpc) is 3.52. The van der Waals surface area contributed by atoms with Crippen LogP contribution in [0.25, 0.3) is 11.3 Å². The molecule has 7 nitrogen and oxygen atoms in total. The highest BCUT2D eigenvalue weighted by molar-refractivity contribution is 5.94. The molecule has 1 saturated carbocycles. The molecule has 1 aliphatic carbocycles. The number of carbonyl (C=O) groups excluding carboxylic acids is 1. The summed E-state index contributed by atoms with van der Waals surface area (Å²) in [7, 11) is 0. The number of halogens is 2. The quantitative estimate of drug-likeness (QED) is 0.595. The third kappa shape index (κ3) is 3.79. The summed E-state index contributed by atoms with van der Waals surface area (Å²) in [6.45, 7) is 1.76. The van der Waals surface area contributed by atoms with Gasteiger partial charge in [0.05, 0.1) is 34.5 Å².